The van der Waals surface area contributed by atoms with Crippen molar-refractivity contribution in [1.82, 2.24) is 5.32 Å². The molecule has 0 bridgehead atoms. The van der Waals surface area contributed by atoms with Gasteiger partial charge in [-0.2, -0.15) is 0 Å². The lowest BCUT2D eigenvalue weighted by Gasteiger charge is -2.21. The van der Waals surface area contributed by atoms with E-state index in [-0.39, 0.29) is 17.7 Å². The van der Waals surface area contributed by atoms with Gasteiger partial charge in [0, 0.05) is 6.42 Å². The molecule has 0 heterocycles. The molecule has 0 aromatic heterocycles. The lowest BCUT2D eigenvalue weighted by atomic mass is 9.89. The lowest BCUT2D eigenvalue weighted by molar-refractivity contribution is -0.122. The van der Waals surface area contributed by atoms with E-state index in [0.29, 0.717) is 0 Å². The summed E-state index contributed by atoms with van der Waals surface area (Å²) in [4.78, 5) is 22.7. The minimum Gasteiger partial charge on any atom is -0.444 e. The Morgan fingerprint density at radius 1 is 1.25 bits per heavy atom. The van der Waals surface area contributed by atoms with E-state index >= 15 is 0 Å². The number of rotatable bonds is 3. The van der Waals surface area contributed by atoms with E-state index in [1.807, 2.05) is 13.8 Å². The van der Waals surface area contributed by atoms with Gasteiger partial charge >= 0.3 is 6.09 Å². The molecule has 0 aliphatic carbocycles. The van der Waals surface area contributed by atoms with E-state index in [1.54, 1.807) is 26.8 Å². The molecule has 0 aromatic carbocycles. The van der Waals surface area contributed by atoms with Crippen LogP contribution in [-0.4, -0.2) is 17.6 Å². The molecule has 0 aliphatic rings. The zero-order valence-electron chi connectivity index (χ0n) is 10.7. The van der Waals surface area contributed by atoms with Gasteiger partial charge in [-0.25, -0.2) is 4.79 Å². The van der Waals surface area contributed by atoms with E-state index in [4.69, 9.17) is 4.74 Å². The van der Waals surface area contributed by atoms with E-state index in [2.05, 4.69) is 11.9 Å². The zero-order valence-corrected chi connectivity index (χ0v) is 10.7. The third kappa shape index (κ3) is 7.04. The highest BCUT2D eigenvalue weighted by Crippen LogP contribution is 2.20. The molecule has 0 atom stereocenters. The summed E-state index contributed by atoms with van der Waals surface area (Å²) in [6.45, 7) is 12.6. The highest BCUT2D eigenvalue weighted by molar-refractivity contribution is 5.92. The molecule has 0 aromatic rings. The van der Waals surface area contributed by atoms with E-state index < -0.39 is 11.7 Å². The van der Waals surface area contributed by atoms with Crippen LogP contribution in [0.4, 0.5) is 4.79 Å². The van der Waals surface area contributed by atoms with Gasteiger partial charge in [0.25, 0.3) is 0 Å². The van der Waals surface area contributed by atoms with E-state index in [1.165, 1.54) is 0 Å². The summed E-state index contributed by atoms with van der Waals surface area (Å²) in [6.07, 6.45) is 1.18. The summed E-state index contributed by atoms with van der Waals surface area (Å²) in [5.41, 5.74) is -0.926. The third-order valence-corrected chi connectivity index (χ3v) is 1.81. The smallest absolute Gasteiger partial charge is 0.414 e. The summed E-state index contributed by atoms with van der Waals surface area (Å²) >= 11 is 0. The first kappa shape index (κ1) is 14.7. The topological polar surface area (TPSA) is 55.4 Å². The standard InChI is InChI=1S/C12H21NO3/c1-7-12(5,6)8-9(14)13-10(15)16-11(2,3)4/h7H,1,8H2,2-6H3,(H,13,14,15). The maximum Gasteiger partial charge on any atom is 0.414 e. The molecule has 92 valence electrons. The Balaban J connectivity index is 4.17. The second-order valence-electron chi connectivity index (χ2n) is 5.42. The number of hydrogen-bond donors (Lipinski definition) is 1. The highest BCUT2D eigenvalue weighted by atomic mass is 16.6. The predicted octanol–water partition coefficient (Wildman–Crippen LogP) is 2.64. The van der Waals surface area contributed by atoms with Crippen LogP contribution in [0.25, 0.3) is 0 Å². The maximum atomic E-state index is 11.5. The van der Waals surface area contributed by atoms with Crippen LogP contribution in [0.5, 0.6) is 0 Å². The molecule has 0 radical (unpaired) electrons. The molecule has 2 amide bonds. The third-order valence-electron chi connectivity index (χ3n) is 1.81. The van der Waals surface area contributed by atoms with Crippen LogP contribution in [-0.2, 0) is 9.53 Å². The molecule has 0 unspecified atom stereocenters. The molecule has 0 saturated heterocycles. The molecule has 0 spiro atoms. The van der Waals surface area contributed by atoms with Crippen molar-refractivity contribution in [2.24, 2.45) is 5.41 Å². The van der Waals surface area contributed by atoms with Crippen LogP contribution in [0.3, 0.4) is 0 Å². The molecule has 1 N–H and O–H groups in total. The molecule has 0 rings (SSSR count). The van der Waals surface area contributed by atoms with Crippen LogP contribution in [0.2, 0.25) is 0 Å². The van der Waals surface area contributed by atoms with Crippen molar-refractivity contribution in [1.29, 1.82) is 0 Å². The summed E-state index contributed by atoms with van der Waals surface area (Å²) < 4.78 is 4.96. The number of carbonyl (C=O) groups excluding carboxylic acids is 2. The van der Waals surface area contributed by atoms with Crippen molar-refractivity contribution in [2.45, 2.75) is 46.6 Å². The van der Waals surface area contributed by atoms with Crippen molar-refractivity contribution in [3.05, 3.63) is 12.7 Å². The Hall–Kier alpha value is -1.32. The first-order valence-corrected chi connectivity index (χ1v) is 5.22. The number of nitrogens with one attached hydrogen (secondary N) is 1. The fourth-order valence-electron chi connectivity index (χ4n) is 0.948. The summed E-state index contributed by atoms with van der Waals surface area (Å²) in [6, 6.07) is 0. The Morgan fingerprint density at radius 3 is 2.12 bits per heavy atom. The fraction of sp³-hybridized carbons (Fsp3) is 0.667. The average Bonchev–Trinajstić information content (AvgIpc) is 1.98. The Bertz CT molecular complexity index is 287. The van der Waals surface area contributed by atoms with E-state index in [9.17, 15) is 9.59 Å². The van der Waals surface area contributed by atoms with Gasteiger partial charge in [-0.1, -0.05) is 19.9 Å². The van der Waals surface area contributed by atoms with Gasteiger partial charge in [-0.15, -0.1) is 6.58 Å². The van der Waals surface area contributed by atoms with Crippen molar-refractivity contribution in [3.8, 4) is 0 Å². The SMILES string of the molecule is C=CC(C)(C)CC(=O)NC(=O)OC(C)(C)C. The number of allylic oxidation sites excluding steroid dienone is 1. The second kappa shape index (κ2) is 5.14. The van der Waals surface area contributed by atoms with Gasteiger partial charge in [0.15, 0.2) is 0 Å². The first-order chi connectivity index (χ1) is 7.06. The van der Waals surface area contributed by atoms with Crippen LogP contribution >= 0.6 is 0 Å². The van der Waals surface area contributed by atoms with Crippen molar-refractivity contribution in [3.63, 3.8) is 0 Å². The maximum absolute atomic E-state index is 11.5. The number of carbonyl (C=O) groups is 2. The summed E-state index contributed by atoms with van der Waals surface area (Å²) in [5.74, 6) is -0.362. The monoisotopic (exact) mass is 227 g/mol. The Labute approximate surface area is 97.1 Å². The molecule has 16 heavy (non-hydrogen) atoms. The minimum atomic E-state index is -0.711. The fourth-order valence-corrected chi connectivity index (χ4v) is 0.948. The first-order valence-electron chi connectivity index (χ1n) is 5.22. The number of ether oxygens (including phenoxy) is 1. The lowest BCUT2D eigenvalue weighted by Crippen LogP contribution is -2.37. The Kier molecular flexibility index (Phi) is 4.72. The molecule has 4 nitrogen and oxygen atoms in total. The van der Waals surface area contributed by atoms with Crippen LogP contribution in [0.1, 0.15) is 41.0 Å². The zero-order chi connectivity index (χ0) is 13.0. The second-order valence-corrected chi connectivity index (χ2v) is 5.42. The van der Waals surface area contributed by atoms with Crippen LogP contribution in [0, 0.1) is 5.41 Å². The van der Waals surface area contributed by atoms with Crippen molar-refractivity contribution < 1.29 is 14.3 Å². The summed E-state index contributed by atoms with van der Waals surface area (Å²) in [7, 11) is 0. The average molecular weight is 227 g/mol. The van der Waals surface area contributed by atoms with Gasteiger partial charge in [-0.3, -0.25) is 10.1 Å². The molecular formula is C12H21NO3. The van der Waals surface area contributed by atoms with E-state index in [0.717, 1.165) is 0 Å². The van der Waals surface area contributed by atoms with Crippen LogP contribution in [0.15, 0.2) is 12.7 Å². The highest BCUT2D eigenvalue weighted by Gasteiger charge is 2.22. The number of imide groups is 1. The van der Waals surface area contributed by atoms with Gasteiger partial charge in [-0.05, 0) is 26.2 Å². The summed E-state index contributed by atoms with van der Waals surface area (Å²) in [5, 5.41) is 2.18. The van der Waals surface area contributed by atoms with Gasteiger partial charge < -0.3 is 4.74 Å². The van der Waals surface area contributed by atoms with Gasteiger partial charge in [0.1, 0.15) is 5.60 Å². The number of hydrogen-bond acceptors (Lipinski definition) is 3. The molecule has 4 heteroatoms. The molecular weight excluding hydrogens is 206 g/mol. The molecule has 0 aliphatic heterocycles. The minimum absolute atomic E-state index is 0.204. The number of alkyl carbamates (subject to hydrolysis) is 1. The normalized spacial score (nSPS) is 11.8. The van der Waals surface area contributed by atoms with Crippen LogP contribution < -0.4 is 5.32 Å². The van der Waals surface area contributed by atoms with Gasteiger partial charge in [0.2, 0.25) is 5.91 Å². The largest absolute Gasteiger partial charge is 0.444 e. The van der Waals surface area contributed by atoms with Crippen molar-refractivity contribution >= 4 is 12.0 Å². The number of amides is 2. The predicted molar refractivity (Wildman–Crippen MR) is 63.0 cm³/mol. The molecule has 0 saturated carbocycles. The molecule has 0 fully saturated rings. The Morgan fingerprint density at radius 2 is 1.75 bits per heavy atom. The van der Waals surface area contributed by atoms with Crippen molar-refractivity contribution in [2.75, 3.05) is 0 Å². The van der Waals surface area contributed by atoms with Gasteiger partial charge in [0.05, 0.1) is 0 Å². The quantitative estimate of drug-likeness (QED) is 0.754.